The van der Waals surface area contributed by atoms with E-state index in [1.807, 2.05) is 25.1 Å². The lowest BCUT2D eigenvalue weighted by atomic mass is 9.97. The SMILES string of the molecule is Cc1ccc2c(c1)C(O)CC(c1ccc(C)s1)O2. The molecule has 0 fully saturated rings. The van der Waals surface area contributed by atoms with Crippen LogP contribution in [0.4, 0.5) is 0 Å². The minimum atomic E-state index is -0.430. The predicted octanol–water partition coefficient (Wildman–Crippen LogP) is 3.92. The normalized spacial score (nSPS) is 22.4. The summed E-state index contributed by atoms with van der Waals surface area (Å²) in [7, 11) is 0. The summed E-state index contributed by atoms with van der Waals surface area (Å²) in [5, 5.41) is 10.2. The van der Waals surface area contributed by atoms with Crippen molar-refractivity contribution >= 4 is 11.3 Å². The number of rotatable bonds is 1. The number of hydrogen-bond acceptors (Lipinski definition) is 3. The molecule has 1 aliphatic rings. The van der Waals surface area contributed by atoms with Gasteiger partial charge in [-0.1, -0.05) is 11.6 Å². The highest BCUT2D eigenvalue weighted by atomic mass is 32.1. The molecule has 1 aromatic heterocycles. The second kappa shape index (κ2) is 4.41. The van der Waals surface area contributed by atoms with Gasteiger partial charge in [0.25, 0.3) is 0 Å². The van der Waals surface area contributed by atoms with Gasteiger partial charge in [-0.15, -0.1) is 11.3 Å². The van der Waals surface area contributed by atoms with Crippen LogP contribution >= 0.6 is 11.3 Å². The predicted molar refractivity (Wildman–Crippen MR) is 73.2 cm³/mol. The monoisotopic (exact) mass is 260 g/mol. The van der Waals surface area contributed by atoms with Gasteiger partial charge in [0.1, 0.15) is 11.9 Å². The number of benzene rings is 1. The van der Waals surface area contributed by atoms with Crippen molar-refractivity contribution in [2.24, 2.45) is 0 Å². The zero-order valence-corrected chi connectivity index (χ0v) is 11.3. The fraction of sp³-hybridized carbons (Fsp3) is 0.333. The van der Waals surface area contributed by atoms with Crippen LogP contribution in [0.25, 0.3) is 0 Å². The smallest absolute Gasteiger partial charge is 0.136 e. The number of aliphatic hydroxyl groups is 1. The summed E-state index contributed by atoms with van der Waals surface area (Å²) in [4.78, 5) is 2.47. The maximum atomic E-state index is 10.2. The van der Waals surface area contributed by atoms with Crippen molar-refractivity contribution in [1.29, 1.82) is 0 Å². The van der Waals surface area contributed by atoms with E-state index in [1.54, 1.807) is 11.3 Å². The Hall–Kier alpha value is -1.32. The van der Waals surface area contributed by atoms with E-state index in [-0.39, 0.29) is 6.10 Å². The maximum absolute atomic E-state index is 10.2. The Morgan fingerprint density at radius 1 is 1.22 bits per heavy atom. The molecule has 2 unspecified atom stereocenters. The van der Waals surface area contributed by atoms with Crippen LogP contribution in [0.5, 0.6) is 5.75 Å². The van der Waals surface area contributed by atoms with Crippen LogP contribution in [0.2, 0.25) is 0 Å². The molecule has 2 aromatic rings. The molecular formula is C15H16O2S. The highest BCUT2D eigenvalue weighted by Gasteiger charge is 2.28. The van der Waals surface area contributed by atoms with Crippen LogP contribution in [0.3, 0.4) is 0 Å². The molecule has 3 heteroatoms. The average molecular weight is 260 g/mol. The summed E-state index contributed by atoms with van der Waals surface area (Å²) < 4.78 is 6.01. The first-order chi connectivity index (χ1) is 8.63. The van der Waals surface area contributed by atoms with Crippen LogP contribution in [-0.2, 0) is 0 Å². The molecule has 2 heterocycles. The first-order valence-electron chi connectivity index (χ1n) is 6.15. The van der Waals surface area contributed by atoms with Gasteiger partial charge >= 0.3 is 0 Å². The van der Waals surface area contributed by atoms with Gasteiger partial charge in [-0.3, -0.25) is 0 Å². The van der Waals surface area contributed by atoms with Crippen LogP contribution in [0, 0.1) is 13.8 Å². The number of ether oxygens (including phenoxy) is 1. The Morgan fingerprint density at radius 2 is 2.06 bits per heavy atom. The second-order valence-corrected chi connectivity index (χ2v) is 6.17. The Balaban J connectivity index is 1.94. The van der Waals surface area contributed by atoms with Gasteiger partial charge in [0, 0.05) is 21.7 Å². The summed E-state index contributed by atoms with van der Waals surface area (Å²) in [6.45, 7) is 4.12. The van der Waals surface area contributed by atoms with E-state index in [9.17, 15) is 5.11 Å². The molecule has 0 aliphatic carbocycles. The molecule has 0 saturated heterocycles. The third-order valence-corrected chi connectivity index (χ3v) is 4.40. The molecule has 1 N–H and O–H groups in total. The van der Waals surface area contributed by atoms with Crippen molar-refractivity contribution in [3.05, 3.63) is 51.2 Å². The van der Waals surface area contributed by atoms with E-state index in [2.05, 4.69) is 19.1 Å². The zero-order chi connectivity index (χ0) is 12.7. The van der Waals surface area contributed by atoms with Crippen LogP contribution in [0.1, 0.15) is 39.5 Å². The van der Waals surface area contributed by atoms with E-state index in [0.717, 1.165) is 16.9 Å². The fourth-order valence-electron chi connectivity index (χ4n) is 2.37. The molecule has 2 atom stereocenters. The molecule has 0 bridgehead atoms. The lowest BCUT2D eigenvalue weighted by Crippen LogP contribution is -2.18. The first kappa shape index (κ1) is 11.8. The Morgan fingerprint density at radius 3 is 2.78 bits per heavy atom. The number of thiophene rings is 1. The first-order valence-corrected chi connectivity index (χ1v) is 6.97. The Kier molecular flexibility index (Phi) is 2.88. The Labute approximate surface area is 111 Å². The summed E-state index contributed by atoms with van der Waals surface area (Å²) in [6.07, 6.45) is 0.186. The summed E-state index contributed by atoms with van der Waals surface area (Å²) in [5.74, 6) is 0.815. The topological polar surface area (TPSA) is 29.5 Å². The quantitative estimate of drug-likeness (QED) is 0.842. The van der Waals surface area contributed by atoms with Crippen LogP contribution in [0.15, 0.2) is 30.3 Å². The van der Waals surface area contributed by atoms with E-state index in [0.29, 0.717) is 6.42 Å². The maximum Gasteiger partial charge on any atom is 0.136 e. The third-order valence-electron chi connectivity index (χ3n) is 3.31. The number of fused-ring (bicyclic) bond motifs is 1. The van der Waals surface area contributed by atoms with Crippen LogP contribution in [-0.4, -0.2) is 5.11 Å². The number of aryl methyl sites for hydroxylation is 2. The number of hydrogen-bond donors (Lipinski definition) is 1. The molecule has 94 valence electrons. The van der Waals surface area contributed by atoms with Crippen molar-refractivity contribution in [1.82, 2.24) is 0 Å². The van der Waals surface area contributed by atoms with Crippen molar-refractivity contribution < 1.29 is 9.84 Å². The van der Waals surface area contributed by atoms with E-state index >= 15 is 0 Å². The second-order valence-electron chi connectivity index (χ2n) is 4.85. The minimum absolute atomic E-state index is 0.0195. The standard InChI is InChI=1S/C15H16O2S/c1-9-3-5-13-11(7-9)12(16)8-14(17-13)15-6-4-10(2)18-15/h3-7,12,14,16H,8H2,1-2H3. The minimum Gasteiger partial charge on any atom is -0.484 e. The molecule has 1 aliphatic heterocycles. The molecule has 0 radical (unpaired) electrons. The van der Waals surface area contributed by atoms with Crippen molar-refractivity contribution in [3.63, 3.8) is 0 Å². The largest absolute Gasteiger partial charge is 0.484 e. The average Bonchev–Trinajstić information content (AvgIpc) is 2.77. The summed E-state index contributed by atoms with van der Waals surface area (Å²) in [6, 6.07) is 10.2. The molecule has 2 nitrogen and oxygen atoms in total. The van der Waals surface area contributed by atoms with Gasteiger partial charge in [0.15, 0.2) is 0 Å². The summed E-state index contributed by atoms with van der Waals surface area (Å²) in [5.41, 5.74) is 2.07. The van der Waals surface area contributed by atoms with Crippen molar-refractivity contribution in [3.8, 4) is 5.75 Å². The van der Waals surface area contributed by atoms with Gasteiger partial charge in [-0.25, -0.2) is 0 Å². The number of aliphatic hydroxyl groups excluding tert-OH is 1. The lowest BCUT2D eigenvalue weighted by molar-refractivity contribution is 0.0674. The molecule has 0 spiro atoms. The van der Waals surface area contributed by atoms with Gasteiger partial charge in [0.05, 0.1) is 6.10 Å². The van der Waals surface area contributed by atoms with Crippen molar-refractivity contribution in [2.75, 3.05) is 0 Å². The third kappa shape index (κ3) is 2.04. The fourth-order valence-corrected chi connectivity index (χ4v) is 3.29. The van der Waals surface area contributed by atoms with E-state index < -0.39 is 6.10 Å². The Bertz CT molecular complexity index is 574. The van der Waals surface area contributed by atoms with Gasteiger partial charge in [-0.05, 0) is 38.1 Å². The lowest BCUT2D eigenvalue weighted by Gasteiger charge is -2.29. The van der Waals surface area contributed by atoms with Gasteiger partial charge in [-0.2, -0.15) is 0 Å². The molecule has 18 heavy (non-hydrogen) atoms. The molecule has 1 aromatic carbocycles. The van der Waals surface area contributed by atoms with Gasteiger partial charge in [0.2, 0.25) is 0 Å². The van der Waals surface area contributed by atoms with Crippen LogP contribution < -0.4 is 4.74 Å². The van der Waals surface area contributed by atoms with Crippen molar-refractivity contribution in [2.45, 2.75) is 32.5 Å². The summed E-state index contributed by atoms with van der Waals surface area (Å²) >= 11 is 1.74. The molecule has 3 rings (SSSR count). The molecule has 0 saturated carbocycles. The molecular weight excluding hydrogens is 244 g/mol. The highest BCUT2D eigenvalue weighted by molar-refractivity contribution is 7.12. The highest BCUT2D eigenvalue weighted by Crippen LogP contribution is 2.42. The zero-order valence-electron chi connectivity index (χ0n) is 10.5. The van der Waals surface area contributed by atoms with E-state index in [4.69, 9.17) is 4.74 Å². The van der Waals surface area contributed by atoms with Gasteiger partial charge < -0.3 is 9.84 Å². The molecule has 0 amide bonds. The van der Waals surface area contributed by atoms with E-state index in [1.165, 1.54) is 9.75 Å².